The minimum Gasteiger partial charge on any atom is -0.465 e. The van der Waals surface area contributed by atoms with Crippen molar-refractivity contribution in [3.8, 4) is 0 Å². The molecule has 0 saturated carbocycles. The molecule has 1 N–H and O–H groups in total. The number of amidine groups is 1. The average molecular weight is 419 g/mol. The van der Waals surface area contributed by atoms with E-state index in [0.717, 1.165) is 16.7 Å². The first-order chi connectivity index (χ1) is 11.1. The molecule has 1 aromatic carbocycles. The molecular formula is C16H17BrF2N2O2S. The van der Waals surface area contributed by atoms with E-state index in [0.29, 0.717) is 4.47 Å². The molecule has 1 aliphatic heterocycles. The number of rotatable bonds is 2. The molecular weight excluding hydrogens is 402 g/mol. The molecule has 1 aromatic rings. The number of nitrogens with zero attached hydrogens (tertiary/aromatic N) is 2. The lowest BCUT2D eigenvalue weighted by atomic mass is 9.91. The zero-order valence-electron chi connectivity index (χ0n) is 13.4. The minimum absolute atomic E-state index is 0.0488. The quantitative estimate of drug-likeness (QED) is 0.722. The standard InChI is InChI=1S/C16H17BrF2N2O2S/c1-15(2,3)21(14(22)23)13-20-16(9-18,6-7-24-13)11-8-10(17)4-5-12(11)19/h4-8H,9H2,1-3H3,(H,22,23)/t16-/m1/s1. The molecule has 0 unspecified atom stereocenters. The Hall–Kier alpha value is -1.41. The van der Waals surface area contributed by atoms with E-state index < -0.39 is 29.7 Å². The Kier molecular flexibility index (Phi) is 5.39. The number of alkyl halides is 1. The second-order valence-electron chi connectivity index (χ2n) is 6.29. The fourth-order valence-corrected chi connectivity index (χ4v) is 3.77. The molecule has 8 heteroatoms. The summed E-state index contributed by atoms with van der Waals surface area (Å²) < 4.78 is 28.8. The van der Waals surface area contributed by atoms with Crippen molar-refractivity contribution < 1.29 is 18.7 Å². The summed E-state index contributed by atoms with van der Waals surface area (Å²) in [6.45, 7) is 4.14. The lowest BCUT2D eigenvalue weighted by molar-refractivity contribution is 0.141. The van der Waals surface area contributed by atoms with Crippen LogP contribution in [0.1, 0.15) is 26.3 Å². The van der Waals surface area contributed by atoms with Crippen molar-refractivity contribution in [3.63, 3.8) is 0 Å². The molecule has 0 fully saturated rings. The molecule has 0 radical (unpaired) electrons. The SMILES string of the molecule is CC(C)(C)N(C(=O)O)C1=N[C@](CF)(c2cc(Br)ccc2F)C=CS1. The summed E-state index contributed by atoms with van der Waals surface area (Å²) in [5, 5.41) is 11.2. The van der Waals surface area contributed by atoms with Gasteiger partial charge in [0.25, 0.3) is 0 Å². The van der Waals surface area contributed by atoms with E-state index >= 15 is 0 Å². The van der Waals surface area contributed by atoms with Crippen LogP contribution in [-0.4, -0.2) is 33.5 Å². The predicted octanol–water partition coefficient (Wildman–Crippen LogP) is 5.15. The highest BCUT2D eigenvalue weighted by atomic mass is 79.9. The van der Waals surface area contributed by atoms with E-state index in [4.69, 9.17) is 0 Å². The molecule has 24 heavy (non-hydrogen) atoms. The van der Waals surface area contributed by atoms with Crippen LogP contribution < -0.4 is 0 Å². The highest BCUT2D eigenvalue weighted by molar-refractivity contribution is 9.10. The molecule has 1 amide bonds. The number of hydrogen-bond acceptors (Lipinski definition) is 3. The van der Waals surface area contributed by atoms with Gasteiger partial charge in [-0.3, -0.25) is 4.90 Å². The predicted molar refractivity (Wildman–Crippen MR) is 95.5 cm³/mol. The van der Waals surface area contributed by atoms with Crippen molar-refractivity contribution >= 4 is 39.0 Å². The van der Waals surface area contributed by atoms with Crippen LogP contribution in [0.2, 0.25) is 0 Å². The molecule has 1 heterocycles. The number of benzene rings is 1. The lowest BCUT2D eigenvalue weighted by Crippen LogP contribution is -2.49. The third-order valence-corrected chi connectivity index (χ3v) is 4.71. The van der Waals surface area contributed by atoms with Crippen molar-refractivity contribution in [3.05, 3.63) is 45.5 Å². The maximum Gasteiger partial charge on any atom is 0.413 e. The largest absolute Gasteiger partial charge is 0.465 e. The van der Waals surface area contributed by atoms with Crippen molar-refractivity contribution in [1.29, 1.82) is 0 Å². The molecule has 1 aliphatic rings. The molecule has 130 valence electrons. The normalized spacial score (nSPS) is 20.7. The van der Waals surface area contributed by atoms with Crippen LogP contribution in [0.3, 0.4) is 0 Å². The molecule has 0 aliphatic carbocycles. The maximum atomic E-state index is 14.3. The van der Waals surface area contributed by atoms with Gasteiger partial charge in [0.1, 0.15) is 18.0 Å². The fraction of sp³-hybridized carbons (Fsp3) is 0.375. The molecule has 0 aromatic heterocycles. The summed E-state index contributed by atoms with van der Waals surface area (Å²) in [6, 6.07) is 4.19. The topological polar surface area (TPSA) is 52.9 Å². The van der Waals surface area contributed by atoms with Gasteiger partial charge >= 0.3 is 6.09 Å². The van der Waals surface area contributed by atoms with Gasteiger partial charge in [0.2, 0.25) is 0 Å². The van der Waals surface area contributed by atoms with E-state index in [1.54, 1.807) is 26.2 Å². The van der Waals surface area contributed by atoms with Crippen molar-refractivity contribution in [2.24, 2.45) is 4.99 Å². The van der Waals surface area contributed by atoms with Gasteiger partial charge in [-0.05, 0) is 50.5 Å². The van der Waals surface area contributed by atoms with Crippen LogP contribution in [0.5, 0.6) is 0 Å². The second kappa shape index (κ2) is 6.84. The van der Waals surface area contributed by atoms with Crippen LogP contribution in [0.15, 0.2) is 39.1 Å². The van der Waals surface area contributed by atoms with Crippen molar-refractivity contribution in [2.45, 2.75) is 31.8 Å². The Bertz CT molecular complexity index is 719. The second-order valence-corrected chi connectivity index (χ2v) is 8.07. The van der Waals surface area contributed by atoms with Crippen LogP contribution in [0, 0.1) is 5.82 Å². The zero-order valence-corrected chi connectivity index (χ0v) is 15.8. The first-order valence-corrected chi connectivity index (χ1v) is 8.77. The van der Waals surface area contributed by atoms with Crippen LogP contribution >= 0.6 is 27.7 Å². The number of aliphatic imine (C=N–C) groups is 1. The number of hydrogen-bond donors (Lipinski definition) is 1. The van der Waals surface area contributed by atoms with E-state index in [9.17, 15) is 18.7 Å². The lowest BCUT2D eigenvalue weighted by Gasteiger charge is -2.36. The van der Waals surface area contributed by atoms with Crippen molar-refractivity contribution in [1.82, 2.24) is 4.90 Å². The number of thioether (sulfide) groups is 1. The first kappa shape index (κ1) is 18.9. The van der Waals surface area contributed by atoms with E-state index in [2.05, 4.69) is 20.9 Å². The van der Waals surface area contributed by atoms with E-state index in [1.165, 1.54) is 24.3 Å². The number of carbonyl (C=O) groups is 1. The summed E-state index contributed by atoms with van der Waals surface area (Å²) in [6.07, 6.45) is 0.251. The fourth-order valence-electron chi connectivity index (χ4n) is 2.33. The highest BCUT2D eigenvalue weighted by Gasteiger charge is 2.39. The molecule has 1 atom stereocenters. The molecule has 4 nitrogen and oxygen atoms in total. The van der Waals surface area contributed by atoms with E-state index in [-0.39, 0.29) is 10.7 Å². The van der Waals surface area contributed by atoms with Gasteiger partial charge in [-0.1, -0.05) is 27.7 Å². The molecule has 0 spiro atoms. The summed E-state index contributed by atoms with van der Waals surface area (Å²) in [7, 11) is 0. The Morgan fingerprint density at radius 2 is 2.12 bits per heavy atom. The summed E-state index contributed by atoms with van der Waals surface area (Å²) >= 11 is 4.31. The maximum absolute atomic E-state index is 14.3. The Balaban J connectivity index is 2.61. The van der Waals surface area contributed by atoms with Gasteiger partial charge in [-0.2, -0.15) is 0 Å². The minimum atomic E-state index is -1.59. The van der Waals surface area contributed by atoms with Gasteiger partial charge in [-0.25, -0.2) is 18.6 Å². The Labute approximate surface area is 151 Å². The smallest absolute Gasteiger partial charge is 0.413 e. The Morgan fingerprint density at radius 1 is 1.46 bits per heavy atom. The van der Waals surface area contributed by atoms with Crippen LogP contribution in [0.25, 0.3) is 0 Å². The number of amides is 1. The summed E-state index contributed by atoms with van der Waals surface area (Å²) in [4.78, 5) is 17.0. The molecule has 2 rings (SSSR count). The van der Waals surface area contributed by atoms with Crippen molar-refractivity contribution in [2.75, 3.05) is 6.67 Å². The van der Waals surface area contributed by atoms with E-state index in [1.807, 2.05) is 0 Å². The van der Waals surface area contributed by atoms with Crippen LogP contribution in [-0.2, 0) is 5.54 Å². The first-order valence-electron chi connectivity index (χ1n) is 7.09. The average Bonchev–Trinajstić information content (AvgIpc) is 2.48. The van der Waals surface area contributed by atoms with Gasteiger partial charge < -0.3 is 5.11 Å². The summed E-state index contributed by atoms with van der Waals surface area (Å²) in [5.41, 5.74) is -2.32. The highest BCUT2D eigenvalue weighted by Crippen LogP contribution is 2.38. The number of carboxylic acid groups (broad SMARTS) is 1. The van der Waals surface area contributed by atoms with Gasteiger partial charge in [-0.15, -0.1) is 0 Å². The number of halogens is 3. The van der Waals surface area contributed by atoms with Crippen LogP contribution in [0.4, 0.5) is 13.6 Å². The Morgan fingerprint density at radius 3 is 2.67 bits per heavy atom. The van der Waals surface area contributed by atoms with Gasteiger partial charge in [0.05, 0.1) is 0 Å². The monoisotopic (exact) mass is 418 g/mol. The third kappa shape index (κ3) is 3.64. The zero-order chi connectivity index (χ0) is 18.1. The van der Waals surface area contributed by atoms with Gasteiger partial charge in [0, 0.05) is 15.6 Å². The third-order valence-electron chi connectivity index (χ3n) is 3.46. The summed E-state index contributed by atoms with van der Waals surface area (Å²) in [5.74, 6) is -0.604. The molecule has 0 saturated heterocycles. The molecule has 0 bridgehead atoms. The van der Waals surface area contributed by atoms with Gasteiger partial charge in [0.15, 0.2) is 5.17 Å².